The van der Waals surface area contributed by atoms with Crippen molar-refractivity contribution in [2.45, 2.75) is 5.60 Å². The number of anilines is 1. The molecule has 0 aliphatic heterocycles. The van der Waals surface area contributed by atoms with Gasteiger partial charge >= 0.3 is 0 Å². The van der Waals surface area contributed by atoms with Crippen molar-refractivity contribution in [1.82, 2.24) is 9.99 Å². The molecule has 4 rings (SSSR count). The van der Waals surface area contributed by atoms with E-state index in [1.807, 2.05) is 0 Å². The molecular formula is C26H20BrN3O3. The Kier molecular flexibility index (Phi) is 6.63. The summed E-state index contributed by atoms with van der Waals surface area (Å²) in [7, 11) is 0. The molecule has 0 aliphatic rings. The molecule has 0 spiro atoms. The van der Waals surface area contributed by atoms with Crippen LogP contribution >= 0.6 is 15.9 Å². The average Bonchev–Trinajstić information content (AvgIpc) is 2.88. The summed E-state index contributed by atoms with van der Waals surface area (Å²) < 4.78 is 0.791. The van der Waals surface area contributed by atoms with Gasteiger partial charge in [0.25, 0.3) is 11.8 Å². The lowest BCUT2D eigenvalue weighted by Crippen LogP contribution is -2.52. The van der Waals surface area contributed by atoms with Crippen LogP contribution in [0.5, 0.6) is 0 Å². The van der Waals surface area contributed by atoms with Crippen molar-refractivity contribution in [1.29, 1.82) is 0 Å². The molecule has 4 aromatic rings. The lowest BCUT2D eigenvalue weighted by atomic mass is 9.85. The molecule has 0 radical (unpaired) electrons. The topological polar surface area (TPSA) is 82.5 Å². The molecule has 0 saturated heterocycles. The molecule has 164 valence electrons. The molecule has 0 unspecified atom stereocenters. The maximum Gasteiger partial charge on any atom is 0.289 e. The van der Waals surface area contributed by atoms with E-state index in [-0.39, 0.29) is 11.4 Å². The lowest BCUT2D eigenvalue weighted by molar-refractivity contribution is -0.144. The summed E-state index contributed by atoms with van der Waals surface area (Å²) >= 11 is 3.35. The van der Waals surface area contributed by atoms with Gasteiger partial charge in [0, 0.05) is 16.2 Å². The number of benzene rings is 3. The molecule has 6 nitrogen and oxygen atoms in total. The minimum Gasteiger partial charge on any atom is -0.372 e. The van der Waals surface area contributed by atoms with Gasteiger partial charge in [0.2, 0.25) is 0 Å². The maximum absolute atomic E-state index is 14.0. The van der Waals surface area contributed by atoms with Crippen molar-refractivity contribution in [3.63, 3.8) is 0 Å². The third-order valence-corrected chi connectivity index (χ3v) is 5.61. The van der Waals surface area contributed by atoms with E-state index in [1.165, 1.54) is 6.20 Å². The van der Waals surface area contributed by atoms with Crippen LogP contribution in [-0.2, 0) is 10.4 Å². The second kappa shape index (κ2) is 9.77. The van der Waals surface area contributed by atoms with Crippen LogP contribution < -0.4 is 5.43 Å². The van der Waals surface area contributed by atoms with Gasteiger partial charge in [-0.1, -0.05) is 82.7 Å². The number of rotatable bonds is 6. The van der Waals surface area contributed by atoms with Gasteiger partial charge in [0.15, 0.2) is 5.60 Å². The number of pyridine rings is 1. The van der Waals surface area contributed by atoms with E-state index in [0.717, 1.165) is 9.48 Å². The van der Waals surface area contributed by atoms with Crippen LogP contribution in [0.2, 0.25) is 0 Å². The summed E-state index contributed by atoms with van der Waals surface area (Å²) in [4.78, 5) is 31.7. The SMILES string of the molecule is O=C(c1ccc(Br)cc1)N(Nc1ccccn1)C(=O)C(O)(c1ccccc1)c1ccccc1. The number of imide groups is 1. The van der Waals surface area contributed by atoms with Crippen molar-refractivity contribution in [2.24, 2.45) is 0 Å². The highest BCUT2D eigenvalue weighted by Gasteiger charge is 2.45. The summed E-state index contributed by atoms with van der Waals surface area (Å²) in [5, 5.41) is 12.7. The summed E-state index contributed by atoms with van der Waals surface area (Å²) in [5.74, 6) is -1.22. The van der Waals surface area contributed by atoms with Crippen molar-refractivity contribution in [2.75, 3.05) is 5.43 Å². The van der Waals surface area contributed by atoms with Gasteiger partial charge in [0.05, 0.1) is 0 Å². The van der Waals surface area contributed by atoms with Gasteiger partial charge in [-0.3, -0.25) is 15.0 Å². The first-order chi connectivity index (χ1) is 16.0. The molecular weight excluding hydrogens is 482 g/mol. The van der Waals surface area contributed by atoms with E-state index < -0.39 is 17.4 Å². The minimum absolute atomic E-state index is 0.262. The Bertz CT molecular complexity index is 1190. The van der Waals surface area contributed by atoms with Crippen molar-refractivity contribution >= 4 is 33.6 Å². The number of carbonyl (C=O) groups excluding carboxylic acids is 2. The zero-order valence-corrected chi connectivity index (χ0v) is 19.0. The highest BCUT2D eigenvalue weighted by Crippen LogP contribution is 2.32. The van der Waals surface area contributed by atoms with Gasteiger partial charge in [0.1, 0.15) is 5.82 Å². The number of hydrazine groups is 1. The number of nitrogens with one attached hydrogen (secondary N) is 1. The Hall–Kier alpha value is -3.81. The number of nitrogens with zero attached hydrogens (tertiary/aromatic N) is 2. The second-order valence-electron chi connectivity index (χ2n) is 7.22. The molecule has 0 saturated carbocycles. The van der Waals surface area contributed by atoms with Gasteiger partial charge < -0.3 is 5.11 Å². The van der Waals surface area contributed by atoms with E-state index in [2.05, 4.69) is 26.3 Å². The first-order valence-electron chi connectivity index (χ1n) is 10.2. The Morgan fingerprint density at radius 3 is 1.85 bits per heavy atom. The number of halogens is 1. The number of hydrogen-bond acceptors (Lipinski definition) is 5. The Morgan fingerprint density at radius 2 is 1.33 bits per heavy atom. The van der Waals surface area contributed by atoms with Crippen LogP contribution in [0.3, 0.4) is 0 Å². The zero-order valence-electron chi connectivity index (χ0n) is 17.4. The van der Waals surface area contributed by atoms with Gasteiger partial charge in [-0.05, 0) is 47.5 Å². The third kappa shape index (κ3) is 4.69. The Labute approximate surface area is 199 Å². The average molecular weight is 502 g/mol. The lowest BCUT2D eigenvalue weighted by Gasteiger charge is -2.33. The number of amides is 2. The zero-order chi connectivity index (χ0) is 23.3. The molecule has 2 amide bonds. The van der Waals surface area contributed by atoms with E-state index >= 15 is 0 Å². The largest absolute Gasteiger partial charge is 0.372 e. The highest BCUT2D eigenvalue weighted by atomic mass is 79.9. The van der Waals surface area contributed by atoms with Gasteiger partial charge in [-0.2, -0.15) is 5.01 Å². The number of aromatic nitrogens is 1. The Morgan fingerprint density at radius 1 is 0.788 bits per heavy atom. The minimum atomic E-state index is -2.13. The fraction of sp³-hybridized carbons (Fsp3) is 0.0385. The normalized spacial score (nSPS) is 11.0. The molecule has 33 heavy (non-hydrogen) atoms. The van der Waals surface area contributed by atoms with Crippen LogP contribution in [0, 0.1) is 0 Å². The fourth-order valence-corrected chi connectivity index (χ4v) is 3.66. The predicted octanol–water partition coefficient (Wildman–Crippen LogP) is 4.78. The smallest absolute Gasteiger partial charge is 0.289 e. The predicted molar refractivity (Wildman–Crippen MR) is 129 cm³/mol. The summed E-state index contributed by atoms with van der Waals surface area (Å²) in [5.41, 5.74) is 1.58. The molecule has 0 atom stereocenters. The number of carbonyl (C=O) groups is 2. The molecule has 2 N–H and O–H groups in total. The molecule has 0 fully saturated rings. The molecule has 1 heterocycles. The first-order valence-corrected chi connectivity index (χ1v) is 10.9. The maximum atomic E-state index is 14.0. The quantitative estimate of drug-likeness (QED) is 0.371. The van der Waals surface area contributed by atoms with Crippen molar-refractivity contribution < 1.29 is 14.7 Å². The van der Waals surface area contributed by atoms with E-state index in [1.54, 1.807) is 103 Å². The molecule has 0 aliphatic carbocycles. The fourth-order valence-electron chi connectivity index (χ4n) is 3.39. The number of hydrogen-bond donors (Lipinski definition) is 2. The Balaban J connectivity index is 1.84. The van der Waals surface area contributed by atoms with Crippen molar-refractivity contribution in [3.05, 3.63) is 130 Å². The van der Waals surface area contributed by atoms with Crippen LogP contribution in [0.25, 0.3) is 0 Å². The van der Waals surface area contributed by atoms with Crippen LogP contribution in [0.4, 0.5) is 5.82 Å². The second-order valence-corrected chi connectivity index (χ2v) is 8.14. The standard InChI is InChI=1S/C26H20BrN3O3/c27-22-16-14-19(15-17-22)24(31)30(29-23-13-7-8-18-28-23)25(32)26(33,20-9-3-1-4-10-20)21-11-5-2-6-12-21/h1-18,33H,(H,28,29). The third-order valence-electron chi connectivity index (χ3n) is 5.08. The summed E-state index contributed by atoms with van der Waals surface area (Å²) in [6.45, 7) is 0. The molecule has 7 heteroatoms. The van der Waals surface area contributed by atoms with E-state index in [0.29, 0.717) is 11.1 Å². The van der Waals surface area contributed by atoms with Crippen LogP contribution in [0.15, 0.2) is 114 Å². The monoisotopic (exact) mass is 501 g/mol. The van der Waals surface area contributed by atoms with E-state index in [9.17, 15) is 14.7 Å². The number of aliphatic hydroxyl groups is 1. The first kappa shape index (κ1) is 22.4. The highest BCUT2D eigenvalue weighted by molar-refractivity contribution is 9.10. The van der Waals surface area contributed by atoms with Crippen molar-refractivity contribution in [3.8, 4) is 0 Å². The molecule has 1 aromatic heterocycles. The van der Waals surface area contributed by atoms with Gasteiger partial charge in [-0.25, -0.2) is 4.98 Å². The summed E-state index contributed by atoms with van der Waals surface area (Å²) in [6.07, 6.45) is 1.54. The van der Waals surface area contributed by atoms with Crippen LogP contribution in [-0.4, -0.2) is 26.9 Å². The summed E-state index contributed by atoms with van der Waals surface area (Å²) in [6, 6.07) is 28.7. The van der Waals surface area contributed by atoms with E-state index in [4.69, 9.17) is 0 Å². The van der Waals surface area contributed by atoms with Gasteiger partial charge in [-0.15, -0.1) is 0 Å². The molecule has 0 bridgehead atoms. The van der Waals surface area contributed by atoms with Crippen LogP contribution in [0.1, 0.15) is 21.5 Å². The molecule has 3 aromatic carbocycles.